The summed E-state index contributed by atoms with van der Waals surface area (Å²) in [5.41, 5.74) is 0. The van der Waals surface area contributed by atoms with E-state index < -0.39 is 0 Å². The summed E-state index contributed by atoms with van der Waals surface area (Å²) < 4.78 is 12.4. The van der Waals surface area contributed by atoms with Gasteiger partial charge in [0, 0.05) is 0 Å². The van der Waals surface area contributed by atoms with Crippen LogP contribution in [0, 0.1) is 11.8 Å². The van der Waals surface area contributed by atoms with Crippen molar-refractivity contribution >= 4 is 0 Å². The van der Waals surface area contributed by atoms with Crippen LogP contribution in [-0.4, -0.2) is 25.4 Å². The van der Waals surface area contributed by atoms with Crippen molar-refractivity contribution in [2.45, 2.75) is 122 Å². The molecule has 1 saturated carbocycles. The lowest BCUT2D eigenvalue weighted by Crippen LogP contribution is -2.41. The number of hydrogen-bond donors (Lipinski definition) is 0. The number of unbranched alkanes of at least 4 members (excludes halogenated alkanes) is 7. The van der Waals surface area contributed by atoms with Gasteiger partial charge in [-0.1, -0.05) is 90.9 Å². The largest absolute Gasteiger partial charge is 0.373 e. The summed E-state index contributed by atoms with van der Waals surface area (Å²) in [6.45, 7) is 6.27. The van der Waals surface area contributed by atoms with Gasteiger partial charge in [-0.2, -0.15) is 0 Å². The van der Waals surface area contributed by atoms with Crippen LogP contribution in [0.5, 0.6) is 0 Å². The summed E-state index contributed by atoms with van der Waals surface area (Å²) in [7, 11) is 0. The smallest absolute Gasteiger partial charge is 0.0838 e. The topological polar surface area (TPSA) is 18.5 Å². The fraction of sp³-hybridized carbons (Fsp3) is 1.00. The predicted molar refractivity (Wildman–Crippen MR) is 107 cm³/mol. The summed E-state index contributed by atoms with van der Waals surface area (Å²) in [5, 5.41) is 0. The fourth-order valence-corrected chi connectivity index (χ4v) is 4.68. The van der Waals surface area contributed by atoms with Gasteiger partial charge in [-0.15, -0.1) is 0 Å². The van der Waals surface area contributed by atoms with Crippen LogP contribution in [0.1, 0.15) is 110 Å². The van der Waals surface area contributed by atoms with E-state index in [1.807, 2.05) is 0 Å². The highest BCUT2D eigenvalue weighted by atomic mass is 16.6. The average molecular weight is 353 g/mol. The first-order chi connectivity index (χ1) is 12.3. The minimum absolute atomic E-state index is 0.368. The number of ether oxygens (including phenoxy) is 2. The van der Waals surface area contributed by atoms with E-state index in [4.69, 9.17) is 9.47 Å². The van der Waals surface area contributed by atoms with E-state index in [-0.39, 0.29) is 0 Å². The zero-order valence-electron chi connectivity index (χ0n) is 17.1. The average Bonchev–Trinajstić information content (AvgIpc) is 2.66. The van der Waals surface area contributed by atoms with Crippen molar-refractivity contribution in [3.05, 3.63) is 0 Å². The Labute approximate surface area is 157 Å². The molecular formula is C23H44O2. The van der Waals surface area contributed by atoms with Crippen molar-refractivity contribution in [3.8, 4) is 0 Å². The summed E-state index contributed by atoms with van der Waals surface area (Å²) in [4.78, 5) is 0. The minimum Gasteiger partial charge on any atom is -0.373 e. The molecule has 0 bridgehead atoms. The number of hydrogen-bond acceptors (Lipinski definition) is 2. The van der Waals surface area contributed by atoms with E-state index in [2.05, 4.69) is 13.8 Å². The molecule has 2 nitrogen and oxygen atoms in total. The zero-order valence-corrected chi connectivity index (χ0v) is 17.1. The molecule has 0 aromatic rings. The third-order valence-corrected chi connectivity index (χ3v) is 6.51. The highest BCUT2D eigenvalue weighted by Gasteiger charge is 2.31. The number of rotatable bonds is 12. The van der Waals surface area contributed by atoms with Crippen LogP contribution in [0.4, 0.5) is 0 Å². The molecule has 0 aromatic carbocycles. The SMILES string of the molecule is CCCCCCCC1COC(C2CCC(CCCCCC)CC2)CO1. The quantitative estimate of drug-likeness (QED) is 0.355. The van der Waals surface area contributed by atoms with Crippen LogP contribution in [-0.2, 0) is 9.47 Å². The first-order valence-corrected chi connectivity index (χ1v) is 11.6. The normalized spacial score (nSPS) is 30.5. The van der Waals surface area contributed by atoms with Crippen LogP contribution in [0.25, 0.3) is 0 Å². The Morgan fingerprint density at radius 1 is 0.640 bits per heavy atom. The van der Waals surface area contributed by atoms with Crippen LogP contribution in [0.3, 0.4) is 0 Å². The molecule has 0 amide bonds. The van der Waals surface area contributed by atoms with Crippen LogP contribution >= 0.6 is 0 Å². The minimum atomic E-state index is 0.368. The van der Waals surface area contributed by atoms with Gasteiger partial charge in [-0.05, 0) is 31.1 Å². The standard InChI is InChI=1S/C23H44O2/c1-3-5-7-9-11-13-22-18-25-23(19-24-22)21-16-14-20(15-17-21)12-10-8-6-4-2/h20-23H,3-19H2,1-2H3. The molecule has 0 spiro atoms. The van der Waals surface area contributed by atoms with Gasteiger partial charge < -0.3 is 9.47 Å². The molecule has 2 unspecified atom stereocenters. The molecule has 148 valence electrons. The predicted octanol–water partition coefficient (Wildman–Crippen LogP) is 6.91. The first-order valence-electron chi connectivity index (χ1n) is 11.6. The molecule has 2 heteroatoms. The summed E-state index contributed by atoms with van der Waals surface area (Å²) in [5.74, 6) is 1.76. The highest BCUT2D eigenvalue weighted by Crippen LogP contribution is 2.35. The lowest BCUT2D eigenvalue weighted by atomic mass is 9.77. The Morgan fingerprint density at radius 3 is 1.92 bits per heavy atom. The molecule has 1 aliphatic carbocycles. The Hall–Kier alpha value is -0.0800. The molecule has 2 rings (SSSR count). The second kappa shape index (κ2) is 13.1. The lowest BCUT2D eigenvalue weighted by Gasteiger charge is -2.38. The molecular weight excluding hydrogens is 308 g/mol. The van der Waals surface area contributed by atoms with Gasteiger partial charge in [0.1, 0.15) is 0 Å². The Balaban J connectivity index is 1.52. The maximum absolute atomic E-state index is 6.23. The van der Waals surface area contributed by atoms with Crippen LogP contribution in [0.2, 0.25) is 0 Å². The highest BCUT2D eigenvalue weighted by molar-refractivity contribution is 4.81. The molecule has 1 saturated heterocycles. The monoisotopic (exact) mass is 352 g/mol. The summed E-state index contributed by atoms with van der Waals surface area (Å²) in [6, 6.07) is 0. The summed E-state index contributed by atoms with van der Waals surface area (Å²) >= 11 is 0. The van der Waals surface area contributed by atoms with Crippen molar-refractivity contribution < 1.29 is 9.47 Å². The van der Waals surface area contributed by atoms with Crippen molar-refractivity contribution in [2.75, 3.05) is 13.2 Å². The van der Waals surface area contributed by atoms with E-state index in [1.165, 1.54) is 96.3 Å². The Morgan fingerprint density at radius 2 is 1.28 bits per heavy atom. The van der Waals surface area contributed by atoms with E-state index in [0.29, 0.717) is 12.2 Å². The Kier molecular flexibility index (Phi) is 11.2. The van der Waals surface area contributed by atoms with Crippen molar-refractivity contribution in [3.63, 3.8) is 0 Å². The third-order valence-electron chi connectivity index (χ3n) is 6.51. The molecule has 1 heterocycles. The van der Waals surface area contributed by atoms with E-state index in [9.17, 15) is 0 Å². The second-order valence-electron chi connectivity index (χ2n) is 8.66. The molecule has 0 N–H and O–H groups in total. The molecule has 2 atom stereocenters. The molecule has 0 aromatic heterocycles. The molecule has 25 heavy (non-hydrogen) atoms. The van der Waals surface area contributed by atoms with Gasteiger partial charge in [-0.25, -0.2) is 0 Å². The van der Waals surface area contributed by atoms with Crippen molar-refractivity contribution in [1.29, 1.82) is 0 Å². The molecule has 0 radical (unpaired) electrons. The Bertz CT molecular complexity index is 301. The molecule has 1 aliphatic heterocycles. The van der Waals surface area contributed by atoms with E-state index in [0.717, 1.165) is 25.0 Å². The van der Waals surface area contributed by atoms with Gasteiger partial charge in [0.05, 0.1) is 25.4 Å². The van der Waals surface area contributed by atoms with Gasteiger partial charge in [0.25, 0.3) is 0 Å². The van der Waals surface area contributed by atoms with Crippen LogP contribution in [0.15, 0.2) is 0 Å². The first kappa shape index (κ1) is 21.2. The van der Waals surface area contributed by atoms with Crippen LogP contribution < -0.4 is 0 Å². The van der Waals surface area contributed by atoms with Gasteiger partial charge >= 0.3 is 0 Å². The maximum atomic E-state index is 6.23. The lowest BCUT2D eigenvalue weighted by molar-refractivity contribution is -0.157. The fourth-order valence-electron chi connectivity index (χ4n) is 4.68. The van der Waals surface area contributed by atoms with Gasteiger partial charge in [0.15, 0.2) is 0 Å². The zero-order chi connectivity index (χ0) is 17.7. The maximum Gasteiger partial charge on any atom is 0.0838 e. The molecule has 2 aliphatic rings. The van der Waals surface area contributed by atoms with Crippen molar-refractivity contribution in [2.24, 2.45) is 11.8 Å². The summed E-state index contributed by atoms with van der Waals surface area (Å²) in [6.07, 6.45) is 21.4. The van der Waals surface area contributed by atoms with E-state index in [1.54, 1.807) is 0 Å². The van der Waals surface area contributed by atoms with Gasteiger partial charge in [-0.3, -0.25) is 0 Å². The van der Waals surface area contributed by atoms with E-state index >= 15 is 0 Å². The van der Waals surface area contributed by atoms with Crippen molar-refractivity contribution in [1.82, 2.24) is 0 Å². The van der Waals surface area contributed by atoms with Gasteiger partial charge in [0.2, 0.25) is 0 Å². The second-order valence-corrected chi connectivity index (χ2v) is 8.66. The molecule has 2 fully saturated rings. The third kappa shape index (κ3) is 8.43.